The summed E-state index contributed by atoms with van der Waals surface area (Å²) < 4.78 is 10.5. The first-order chi connectivity index (χ1) is 7.11. The molecule has 0 amide bonds. The SMILES string of the molecule is OC[C@@H](O)C[C@@H]1O[C@H]2NC(=S)O[C@@H]2[C@H]1O. The van der Waals surface area contributed by atoms with Gasteiger partial charge < -0.3 is 30.1 Å². The van der Waals surface area contributed by atoms with E-state index in [1.165, 1.54) is 0 Å². The molecule has 2 fully saturated rings. The minimum Gasteiger partial charge on any atom is -0.460 e. The Morgan fingerprint density at radius 1 is 1.53 bits per heavy atom. The van der Waals surface area contributed by atoms with Crippen LogP contribution in [0.3, 0.4) is 0 Å². The summed E-state index contributed by atoms with van der Waals surface area (Å²) in [6.07, 6.45) is -3.09. The highest BCUT2D eigenvalue weighted by Gasteiger charge is 2.50. The number of nitrogens with one attached hydrogen (secondary N) is 1. The Morgan fingerprint density at radius 3 is 2.87 bits per heavy atom. The van der Waals surface area contributed by atoms with Crippen molar-refractivity contribution in [3.63, 3.8) is 0 Å². The minimum atomic E-state index is -0.893. The van der Waals surface area contributed by atoms with Crippen molar-refractivity contribution in [1.82, 2.24) is 5.32 Å². The van der Waals surface area contributed by atoms with Crippen LogP contribution < -0.4 is 5.32 Å². The van der Waals surface area contributed by atoms with Crippen LogP contribution in [0.5, 0.6) is 0 Å². The summed E-state index contributed by atoms with van der Waals surface area (Å²) in [6, 6.07) is 0. The fourth-order valence-electron chi connectivity index (χ4n) is 1.80. The molecule has 0 unspecified atom stereocenters. The predicted molar refractivity (Wildman–Crippen MR) is 53.0 cm³/mol. The van der Waals surface area contributed by atoms with E-state index in [0.717, 1.165) is 0 Å². The van der Waals surface area contributed by atoms with Crippen molar-refractivity contribution in [2.45, 2.75) is 37.1 Å². The van der Waals surface area contributed by atoms with Gasteiger partial charge in [0.1, 0.15) is 6.10 Å². The molecule has 5 atom stereocenters. The molecule has 0 aromatic heterocycles. The Morgan fingerprint density at radius 2 is 2.27 bits per heavy atom. The van der Waals surface area contributed by atoms with Crippen LogP contribution in [-0.4, -0.2) is 57.7 Å². The number of hydrogen-bond acceptors (Lipinski definition) is 6. The molecule has 6 nitrogen and oxygen atoms in total. The Balaban J connectivity index is 1.94. The van der Waals surface area contributed by atoms with E-state index < -0.39 is 30.6 Å². The smallest absolute Gasteiger partial charge is 0.259 e. The predicted octanol–water partition coefficient (Wildman–Crippen LogP) is -1.91. The summed E-state index contributed by atoms with van der Waals surface area (Å²) in [5.74, 6) is 0. The van der Waals surface area contributed by atoms with E-state index in [1.54, 1.807) is 0 Å². The number of fused-ring (bicyclic) bond motifs is 1. The number of hydrogen-bond donors (Lipinski definition) is 4. The third-order valence-electron chi connectivity index (χ3n) is 2.56. The second kappa shape index (κ2) is 4.18. The number of aliphatic hydroxyl groups is 3. The molecule has 0 bridgehead atoms. The highest BCUT2D eigenvalue weighted by Crippen LogP contribution is 2.28. The Hall–Kier alpha value is -0.470. The maximum Gasteiger partial charge on any atom is 0.259 e. The van der Waals surface area contributed by atoms with Crippen molar-refractivity contribution in [2.75, 3.05) is 6.61 Å². The van der Waals surface area contributed by atoms with Crippen molar-refractivity contribution >= 4 is 17.4 Å². The third kappa shape index (κ3) is 2.06. The van der Waals surface area contributed by atoms with E-state index in [0.29, 0.717) is 0 Å². The Kier molecular flexibility index (Phi) is 3.08. The first-order valence-corrected chi connectivity index (χ1v) is 5.12. The van der Waals surface area contributed by atoms with Crippen LogP contribution in [0.4, 0.5) is 0 Å². The highest BCUT2D eigenvalue weighted by atomic mass is 32.1. The van der Waals surface area contributed by atoms with Crippen molar-refractivity contribution in [1.29, 1.82) is 0 Å². The van der Waals surface area contributed by atoms with Gasteiger partial charge in [-0.2, -0.15) is 0 Å². The van der Waals surface area contributed by atoms with E-state index in [-0.39, 0.29) is 18.2 Å². The molecule has 4 N–H and O–H groups in total. The number of rotatable bonds is 3. The lowest BCUT2D eigenvalue weighted by Gasteiger charge is -2.18. The molecule has 0 aliphatic carbocycles. The molecule has 2 heterocycles. The zero-order valence-corrected chi connectivity index (χ0v) is 8.68. The van der Waals surface area contributed by atoms with Gasteiger partial charge in [-0.15, -0.1) is 0 Å². The van der Waals surface area contributed by atoms with Gasteiger partial charge in [-0.1, -0.05) is 0 Å². The molecule has 0 radical (unpaired) electrons. The molecule has 2 aliphatic heterocycles. The quantitative estimate of drug-likeness (QED) is 0.424. The van der Waals surface area contributed by atoms with Crippen LogP contribution in [0.2, 0.25) is 0 Å². The molecule has 2 aliphatic rings. The molecule has 15 heavy (non-hydrogen) atoms. The summed E-state index contributed by atoms with van der Waals surface area (Å²) in [6.45, 7) is -0.353. The number of ether oxygens (including phenoxy) is 2. The largest absolute Gasteiger partial charge is 0.460 e. The van der Waals surface area contributed by atoms with Gasteiger partial charge in [0, 0.05) is 6.42 Å². The van der Waals surface area contributed by atoms with Crippen molar-refractivity contribution < 1.29 is 24.8 Å². The van der Waals surface area contributed by atoms with Crippen LogP contribution >= 0.6 is 12.2 Å². The molecule has 0 aromatic rings. The molecule has 0 saturated carbocycles. The second-order valence-electron chi connectivity index (χ2n) is 3.67. The van der Waals surface area contributed by atoms with E-state index in [1.807, 2.05) is 0 Å². The molecule has 0 aromatic carbocycles. The first-order valence-electron chi connectivity index (χ1n) is 4.71. The van der Waals surface area contributed by atoms with Gasteiger partial charge in [-0.05, 0) is 12.2 Å². The van der Waals surface area contributed by atoms with Gasteiger partial charge in [-0.25, -0.2) is 0 Å². The lowest BCUT2D eigenvalue weighted by molar-refractivity contribution is -0.0335. The zero-order chi connectivity index (χ0) is 11.0. The van der Waals surface area contributed by atoms with Gasteiger partial charge >= 0.3 is 0 Å². The summed E-state index contributed by atoms with van der Waals surface area (Å²) >= 11 is 4.76. The van der Waals surface area contributed by atoms with Crippen molar-refractivity contribution in [2.24, 2.45) is 0 Å². The molecular formula is C8H13NO5S. The van der Waals surface area contributed by atoms with E-state index >= 15 is 0 Å². The lowest BCUT2D eigenvalue weighted by Crippen LogP contribution is -2.34. The highest BCUT2D eigenvalue weighted by molar-refractivity contribution is 7.80. The van der Waals surface area contributed by atoms with E-state index in [2.05, 4.69) is 5.32 Å². The molecule has 0 spiro atoms. The summed E-state index contributed by atoms with van der Waals surface area (Å²) in [5.41, 5.74) is 0. The average molecular weight is 235 g/mol. The second-order valence-corrected chi connectivity index (χ2v) is 4.04. The Labute approximate surface area is 91.8 Å². The third-order valence-corrected chi connectivity index (χ3v) is 2.77. The Bertz CT molecular complexity index is 263. The monoisotopic (exact) mass is 235 g/mol. The first kappa shape index (κ1) is 11.0. The van der Waals surface area contributed by atoms with Crippen LogP contribution in [0.15, 0.2) is 0 Å². The van der Waals surface area contributed by atoms with Gasteiger partial charge in [0.25, 0.3) is 5.17 Å². The normalized spacial score (nSPS) is 40.9. The maximum atomic E-state index is 9.78. The standard InChI is InChI=1S/C8H13NO5S/c10-2-3(11)1-4-5(12)6-7(13-4)9-8(15)14-6/h3-7,10-12H,1-2H2,(H,9,15)/t3-,4-,5-,6+,7+/m0/s1. The molecule has 2 rings (SSSR count). The van der Waals surface area contributed by atoms with Gasteiger partial charge in [0.2, 0.25) is 0 Å². The van der Waals surface area contributed by atoms with Crippen LogP contribution in [-0.2, 0) is 9.47 Å². The minimum absolute atomic E-state index is 0.169. The molecule has 2 saturated heterocycles. The lowest BCUT2D eigenvalue weighted by atomic mass is 10.1. The number of aliphatic hydroxyl groups excluding tert-OH is 3. The fourth-order valence-corrected chi connectivity index (χ4v) is 2.02. The summed E-state index contributed by atoms with van der Waals surface area (Å²) in [7, 11) is 0. The zero-order valence-electron chi connectivity index (χ0n) is 7.87. The van der Waals surface area contributed by atoms with E-state index in [9.17, 15) is 10.2 Å². The van der Waals surface area contributed by atoms with Gasteiger partial charge in [0.05, 0.1) is 18.8 Å². The molecule has 7 heteroatoms. The van der Waals surface area contributed by atoms with Crippen LogP contribution in [0.1, 0.15) is 6.42 Å². The van der Waals surface area contributed by atoms with Gasteiger partial charge in [0.15, 0.2) is 12.3 Å². The van der Waals surface area contributed by atoms with Crippen molar-refractivity contribution in [3.8, 4) is 0 Å². The molecular weight excluding hydrogens is 222 g/mol. The van der Waals surface area contributed by atoms with E-state index in [4.69, 9.17) is 26.8 Å². The maximum absolute atomic E-state index is 9.78. The van der Waals surface area contributed by atoms with Crippen LogP contribution in [0.25, 0.3) is 0 Å². The average Bonchev–Trinajstić information content (AvgIpc) is 2.67. The number of thiocarbonyl (C=S) groups is 1. The summed E-state index contributed by atoms with van der Waals surface area (Å²) in [5, 5.41) is 30.6. The van der Waals surface area contributed by atoms with Crippen molar-refractivity contribution in [3.05, 3.63) is 0 Å². The fraction of sp³-hybridized carbons (Fsp3) is 0.875. The van der Waals surface area contributed by atoms with Crippen LogP contribution in [0, 0.1) is 0 Å². The summed E-state index contributed by atoms with van der Waals surface area (Å²) in [4.78, 5) is 0. The van der Waals surface area contributed by atoms with Gasteiger partial charge in [-0.3, -0.25) is 0 Å². The topological polar surface area (TPSA) is 91.2 Å². The molecule has 86 valence electrons.